The minimum Gasteiger partial charge on any atom is -0.468 e. The molecule has 0 fully saturated rings. The van der Waals surface area contributed by atoms with Crippen LogP contribution < -0.4 is 10.9 Å². The Morgan fingerprint density at radius 2 is 2.16 bits per heavy atom. The maximum Gasteiger partial charge on any atom is 0.422 e. The van der Waals surface area contributed by atoms with Crippen molar-refractivity contribution in [3.63, 3.8) is 0 Å². The summed E-state index contributed by atoms with van der Waals surface area (Å²) in [5.41, 5.74) is 7.59. The zero-order chi connectivity index (χ0) is 18.2. The number of carbonyl (C=O) groups excluding carboxylic acids is 1. The Morgan fingerprint density at radius 3 is 2.80 bits per heavy atom. The number of alkyl halides is 3. The fraction of sp³-hybridized carbons (Fsp3) is 0.333. The van der Waals surface area contributed by atoms with Gasteiger partial charge in [-0.2, -0.15) is 13.2 Å². The summed E-state index contributed by atoms with van der Waals surface area (Å²) in [7, 11) is 0. The molecule has 0 radical (unpaired) electrons. The average Bonchev–Trinajstić information content (AvgIpc) is 2.84. The van der Waals surface area contributed by atoms with E-state index in [-0.39, 0.29) is 23.5 Å². The number of halogens is 4. The van der Waals surface area contributed by atoms with Crippen molar-refractivity contribution in [2.24, 2.45) is 0 Å². The summed E-state index contributed by atoms with van der Waals surface area (Å²) >= 11 is 6.01. The van der Waals surface area contributed by atoms with E-state index < -0.39 is 12.8 Å². The van der Waals surface area contributed by atoms with E-state index in [1.807, 2.05) is 0 Å². The molecule has 1 aromatic heterocycles. The van der Waals surface area contributed by atoms with Gasteiger partial charge in [0.25, 0.3) is 5.91 Å². The summed E-state index contributed by atoms with van der Waals surface area (Å²) in [4.78, 5) is 17.9. The molecule has 1 aromatic rings. The lowest BCUT2D eigenvalue weighted by Crippen LogP contribution is -2.40. The second-order valence-corrected chi connectivity index (χ2v) is 5.98. The second-order valence-electron chi connectivity index (χ2n) is 5.62. The molecule has 2 aliphatic rings. The van der Waals surface area contributed by atoms with Crippen molar-refractivity contribution in [3.05, 3.63) is 51.8 Å². The number of nitrogens with zero attached hydrogens (tertiary/aromatic N) is 2. The van der Waals surface area contributed by atoms with E-state index in [0.717, 1.165) is 0 Å². The van der Waals surface area contributed by atoms with Crippen LogP contribution in [0.4, 0.5) is 13.2 Å². The van der Waals surface area contributed by atoms with Gasteiger partial charge in [0.2, 0.25) is 5.88 Å². The molecule has 0 saturated heterocycles. The lowest BCUT2D eigenvalue weighted by atomic mass is 10.2. The van der Waals surface area contributed by atoms with E-state index in [4.69, 9.17) is 16.3 Å². The number of hydrogen-bond donors (Lipinski definition) is 2. The van der Waals surface area contributed by atoms with Crippen LogP contribution in [0.1, 0.15) is 22.8 Å². The van der Waals surface area contributed by atoms with Crippen LogP contribution in [-0.2, 0) is 11.3 Å². The van der Waals surface area contributed by atoms with Gasteiger partial charge in [-0.15, -0.1) is 0 Å². The third-order valence-electron chi connectivity index (χ3n) is 3.70. The number of allylic oxidation sites excluding steroid dienone is 2. The number of fused-ring (bicyclic) bond motifs is 1. The van der Waals surface area contributed by atoms with Gasteiger partial charge in [0.05, 0.1) is 18.8 Å². The molecule has 0 atom stereocenters. The van der Waals surface area contributed by atoms with Crippen LogP contribution in [0.15, 0.2) is 35.5 Å². The Labute approximate surface area is 146 Å². The molecule has 10 heteroatoms. The van der Waals surface area contributed by atoms with Crippen molar-refractivity contribution in [1.29, 1.82) is 0 Å². The van der Waals surface area contributed by atoms with Crippen LogP contribution >= 0.6 is 11.6 Å². The highest BCUT2D eigenvalue weighted by Gasteiger charge is 2.31. The third kappa shape index (κ3) is 3.81. The maximum absolute atomic E-state index is 12.4. The number of nitrogens with one attached hydrogen (secondary N) is 2. The molecule has 2 N–H and O–H groups in total. The van der Waals surface area contributed by atoms with Gasteiger partial charge in [0.1, 0.15) is 5.15 Å². The van der Waals surface area contributed by atoms with E-state index in [1.165, 1.54) is 6.20 Å². The molecular weight excluding hydrogens is 361 g/mol. The number of hydrogen-bond acceptors (Lipinski definition) is 5. The molecular formula is C15H14ClF3N4O2. The Hall–Kier alpha value is -2.42. The molecule has 6 nitrogen and oxygen atoms in total. The molecule has 2 aliphatic heterocycles. The van der Waals surface area contributed by atoms with E-state index in [1.54, 1.807) is 24.0 Å². The lowest BCUT2D eigenvalue weighted by Gasteiger charge is -2.25. The van der Waals surface area contributed by atoms with Gasteiger partial charge in [-0.05, 0) is 19.1 Å². The fourth-order valence-electron chi connectivity index (χ4n) is 2.57. The van der Waals surface area contributed by atoms with Crippen LogP contribution in [0, 0.1) is 0 Å². The van der Waals surface area contributed by atoms with Gasteiger partial charge >= 0.3 is 6.18 Å². The lowest BCUT2D eigenvalue weighted by molar-refractivity contribution is -0.166. The molecule has 0 aromatic carbocycles. The van der Waals surface area contributed by atoms with E-state index in [0.29, 0.717) is 28.9 Å². The Kier molecular flexibility index (Phi) is 4.51. The largest absolute Gasteiger partial charge is 0.468 e. The highest BCUT2D eigenvalue weighted by atomic mass is 35.5. The van der Waals surface area contributed by atoms with Gasteiger partial charge < -0.3 is 15.1 Å². The van der Waals surface area contributed by atoms with E-state index in [2.05, 4.69) is 15.8 Å². The zero-order valence-corrected chi connectivity index (χ0v) is 13.8. The van der Waals surface area contributed by atoms with Crippen molar-refractivity contribution >= 4 is 17.5 Å². The van der Waals surface area contributed by atoms with Crippen LogP contribution in [-0.4, -0.2) is 35.1 Å². The van der Waals surface area contributed by atoms with Crippen LogP contribution in [0.5, 0.6) is 0 Å². The summed E-state index contributed by atoms with van der Waals surface area (Å²) in [6.45, 7) is 0.782. The Morgan fingerprint density at radius 1 is 1.40 bits per heavy atom. The summed E-state index contributed by atoms with van der Waals surface area (Å²) in [6, 6.07) is 1.61. The molecule has 3 rings (SSSR count). The minimum absolute atomic E-state index is 0.00986. The van der Waals surface area contributed by atoms with E-state index in [9.17, 15) is 18.0 Å². The first kappa shape index (κ1) is 17.4. The number of aromatic nitrogens is 1. The summed E-state index contributed by atoms with van der Waals surface area (Å²) in [5, 5.41) is 0.288. The van der Waals surface area contributed by atoms with Crippen molar-refractivity contribution in [3.8, 4) is 0 Å². The quantitative estimate of drug-likeness (QED) is 0.793. The molecule has 0 spiro atoms. The van der Waals surface area contributed by atoms with Crippen molar-refractivity contribution in [1.82, 2.24) is 20.7 Å². The fourth-order valence-corrected chi connectivity index (χ4v) is 2.79. The van der Waals surface area contributed by atoms with Crippen LogP contribution in [0.25, 0.3) is 0 Å². The molecule has 0 unspecified atom stereocenters. The molecule has 3 heterocycles. The minimum atomic E-state index is -4.42. The number of hydrazine groups is 1. The predicted molar refractivity (Wildman–Crippen MR) is 83.0 cm³/mol. The van der Waals surface area contributed by atoms with Gasteiger partial charge in [-0.3, -0.25) is 10.2 Å². The van der Waals surface area contributed by atoms with Gasteiger partial charge in [-0.25, -0.2) is 4.98 Å². The first-order valence-corrected chi connectivity index (χ1v) is 7.68. The molecule has 0 aliphatic carbocycles. The first-order valence-electron chi connectivity index (χ1n) is 7.30. The Bertz CT molecular complexity index is 777. The Balaban J connectivity index is 1.68. The molecule has 1 amide bonds. The number of pyridine rings is 1. The molecule has 25 heavy (non-hydrogen) atoms. The second kappa shape index (κ2) is 6.47. The highest BCUT2D eigenvalue weighted by Crippen LogP contribution is 2.28. The molecule has 0 bridgehead atoms. The van der Waals surface area contributed by atoms with E-state index >= 15 is 0 Å². The maximum atomic E-state index is 12.4. The topological polar surface area (TPSA) is 66.5 Å². The van der Waals surface area contributed by atoms with Gasteiger partial charge in [0, 0.05) is 22.9 Å². The smallest absolute Gasteiger partial charge is 0.422 e. The first-order chi connectivity index (χ1) is 11.7. The van der Waals surface area contributed by atoms with Gasteiger partial charge in [-0.1, -0.05) is 11.6 Å². The summed E-state index contributed by atoms with van der Waals surface area (Å²) < 4.78 is 41.4. The van der Waals surface area contributed by atoms with Crippen LogP contribution in [0.3, 0.4) is 0 Å². The summed E-state index contributed by atoms with van der Waals surface area (Å²) in [5.74, 6) is -0.188. The SMILES string of the molecule is CC1=C(OCC(F)(F)F)NNC(CN2Cc3c(ccnc3Cl)C2=O)=C1. The normalized spacial score (nSPS) is 17.1. The van der Waals surface area contributed by atoms with Crippen molar-refractivity contribution in [2.75, 3.05) is 13.2 Å². The standard InChI is InChI=1S/C15H14ClF3N4O2/c1-8-4-9(21-22-13(8)25-7-15(17,18)19)5-23-6-11-10(14(23)24)2-3-20-12(11)16/h2-4,21-22H,5-7H2,1H3. The highest BCUT2D eigenvalue weighted by molar-refractivity contribution is 6.30. The summed E-state index contributed by atoms with van der Waals surface area (Å²) in [6.07, 6.45) is -1.32. The number of ether oxygens (including phenoxy) is 1. The third-order valence-corrected chi connectivity index (χ3v) is 4.02. The van der Waals surface area contributed by atoms with Crippen molar-refractivity contribution in [2.45, 2.75) is 19.6 Å². The molecule has 134 valence electrons. The average molecular weight is 375 g/mol. The number of rotatable bonds is 4. The van der Waals surface area contributed by atoms with Gasteiger partial charge in [0.15, 0.2) is 6.61 Å². The number of amides is 1. The van der Waals surface area contributed by atoms with Crippen LogP contribution in [0.2, 0.25) is 5.15 Å². The number of carbonyl (C=O) groups is 1. The predicted octanol–water partition coefficient (Wildman–Crippen LogP) is 2.49. The molecule has 0 saturated carbocycles. The zero-order valence-electron chi connectivity index (χ0n) is 13.1. The van der Waals surface area contributed by atoms with Crippen molar-refractivity contribution < 1.29 is 22.7 Å². The monoisotopic (exact) mass is 374 g/mol.